The summed E-state index contributed by atoms with van der Waals surface area (Å²) in [7, 11) is 0. The van der Waals surface area contributed by atoms with Crippen LogP contribution in [0, 0.1) is 23.7 Å². The van der Waals surface area contributed by atoms with Crippen molar-refractivity contribution in [3.8, 4) is 0 Å². The Labute approximate surface area is 315 Å². The quantitative estimate of drug-likeness (QED) is 0.109. The summed E-state index contributed by atoms with van der Waals surface area (Å²) in [6, 6.07) is 22.6. The normalized spacial score (nSPS) is 22.8. The summed E-state index contributed by atoms with van der Waals surface area (Å²) >= 11 is 0. The summed E-state index contributed by atoms with van der Waals surface area (Å²) in [4.78, 5) is 38.8. The Morgan fingerprint density at radius 2 is 1.04 bits per heavy atom. The van der Waals surface area contributed by atoms with Gasteiger partial charge in [-0.3, -0.25) is 9.69 Å². The third-order valence-electron chi connectivity index (χ3n) is 11.7. The van der Waals surface area contributed by atoms with Crippen LogP contribution < -0.4 is 16.0 Å². The molecular formula is C42H52F2N4O6. The second kappa shape index (κ2) is 17.5. The molecule has 0 bridgehead atoms. The zero-order valence-corrected chi connectivity index (χ0v) is 30.6. The lowest BCUT2D eigenvalue weighted by Gasteiger charge is -2.28. The molecule has 6 atom stereocenters. The summed E-state index contributed by atoms with van der Waals surface area (Å²) in [5.41, 5.74) is -0.00826. The number of alkyl halides is 2. The van der Waals surface area contributed by atoms with Gasteiger partial charge in [0.15, 0.2) is 0 Å². The maximum absolute atomic E-state index is 16.1. The number of nitrogens with one attached hydrogen (secondary N) is 3. The van der Waals surface area contributed by atoms with Crippen LogP contribution in [0.2, 0.25) is 0 Å². The molecule has 6 rings (SSSR count). The number of aliphatic carboxylic acids is 3. The number of rotatable bonds is 18. The molecule has 54 heavy (non-hydrogen) atoms. The van der Waals surface area contributed by atoms with Gasteiger partial charge >= 0.3 is 17.9 Å². The summed E-state index contributed by atoms with van der Waals surface area (Å²) in [5, 5.41) is 39.4. The lowest BCUT2D eigenvalue weighted by Crippen LogP contribution is -2.44. The van der Waals surface area contributed by atoms with E-state index in [2.05, 4.69) is 20.9 Å². The molecule has 3 aromatic carbocycles. The van der Waals surface area contributed by atoms with E-state index in [9.17, 15) is 29.7 Å². The summed E-state index contributed by atoms with van der Waals surface area (Å²) in [6.07, 6.45) is 1.64. The zero-order chi connectivity index (χ0) is 38.3. The number of carbonyl (C=O) groups is 3. The SMILES string of the molecule is O=C(O)[C@@H](Cc1cccc(CN(Cc2cccc(CC(F)(C(=O)O)[C@H]3CCNC3)c2)Cc2cccc(CC(F)(C(=O)O)[C@H]3CCNC3)c2)c1)[C@H]1CCNC1. The van der Waals surface area contributed by atoms with E-state index in [0.717, 1.165) is 35.2 Å². The van der Waals surface area contributed by atoms with E-state index in [1.54, 1.807) is 12.1 Å². The minimum absolute atomic E-state index is 0.0606. The van der Waals surface area contributed by atoms with Crippen molar-refractivity contribution in [3.63, 3.8) is 0 Å². The molecule has 290 valence electrons. The minimum Gasteiger partial charge on any atom is -0.481 e. The fraction of sp³-hybridized carbons (Fsp3) is 0.500. The van der Waals surface area contributed by atoms with E-state index >= 15 is 8.78 Å². The van der Waals surface area contributed by atoms with E-state index in [1.165, 1.54) is 0 Å². The Hall–Kier alpha value is -4.23. The van der Waals surface area contributed by atoms with Gasteiger partial charge in [-0.25, -0.2) is 18.4 Å². The third-order valence-corrected chi connectivity index (χ3v) is 11.7. The van der Waals surface area contributed by atoms with Crippen LogP contribution in [0.5, 0.6) is 0 Å². The lowest BCUT2D eigenvalue weighted by molar-refractivity contribution is -0.155. The van der Waals surface area contributed by atoms with Gasteiger partial charge in [0.2, 0.25) is 11.3 Å². The van der Waals surface area contributed by atoms with E-state index in [0.29, 0.717) is 82.7 Å². The first-order valence-electron chi connectivity index (χ1n) is 19.1. The van der Waals surface area contributed by atoms with Crippen LogP contribution in [0.25, 0.3) is 0 Å². The van der Waals surface area contributed by atoms with Crippen molar-refractivity contribution in [2.24, 2.45) is 23.7 Å². The first-order chi connectivity index (χ1) is 25.9. The lowest BCUT2D eigenvalue weighted by atomic mass is 9.83. The highest BCUT2D eigenvalue weighted by atomic mass is 19.1. The first-order valence-corrected chi connectivity index (χ1v) is 19.1. The summed E-state index contributed by atoms with van der Waals surface area (Å²) in [5.74, 6) is -5.42. The van der Waals surface area contributed by atoms with Gasteiger partial charge in [0.1, 0.15) is 0 Å². The summed E-state index contributed by atoms with van der Waals surface area (Å²) < 4.78 is 32.2. The molecule has 0 saturated carbocycles. The molecule has 0 spiro atoms. The van der Waals surface area contributed by atoms with Crippen molar-refractivity contribution in [2.75, 3.05) is 39.3 Å². The Morgan fingerprint density at radius 3 is 1.43 bits per heavy atom. The third kappa shape index (κ3) is 9.52. The largest absolute Gasteiger partial charge is 0.481 e. The smallest absolute Gasteiger partial charge is 0.342 e. The van der Waals surface area contributed by atoms with Crippen LogP contribution in [0.4, 0.5) is 8.78 Å². The number of carboxylic acid groups (broad SMARTS) is 3. The second-order valence-electron chi connectivity index (χ2n) is 15.6. The number of hydrogen-bond acceptors (Lipinski definition) is 7. The van der Waals surface area contributed by atoms with Crippen molar-refractivity contribution < 1.29 is 38.5 Å². The standard InChI is InChI=1S/C42H52F2N4O6/c43-41(39(51)52,35-11-14-46-23-35)20-29-5-2-8-32(17-29)26-48(25-31-7-1-4-28(16-31)19-37(38(49)50)34-10-13-45-22-34)27-33-9-3-6-30(18-33)21-42(44,40(53)54)36-12-15-47-24-36/h1-9,16-18,34-37,45-47H,10-15,19-27H2,(H,49,50)(H,51,52)(H,53,54)/t34-,35-,36-,37-,41?,42?/m0/s1. The molecule has 3 aromatic rings. The van der Waals surface area contributed by atoms with Gasteiger partial charge in [-0.2, -0.15) is 0 Å². The van der Waals surface area contributed by atoms with Crippen LogP contribution in [-0.4, -0.2) is 88.7 Å². The highest BCUT2D eigenvalue weighted by Gasteiger charge is 2.48. The zero-order valence-electron chi connectivity index (χ0n) is 30.6. The van der Waals surface area contributed by atoms with Crippen molar-refractivity contribution in [1.82, 2.24) is 20.9 Å². The van der Waals surface area contributed by atoms with Crippen molar-refractivity contribution in [2.45, 2.75) is 69.5 Å². The van der Waals surface area contributed by atoms with Crippen molar-refractivity contribution >= 4 is 17.9 Å². The van der Waals surface area contributed by atoms with E-state index in [-0.39, 0.29) is 18.8 Å². The first kappa shape index (κ1) is 39.5. The summed E-state index contributed by atoms with van der Waals surface area (Å²) in [6.45, 7) is 4.58. The van der Waals surface area contributed by atoms with Crippen LogP contribution in [-0.2, 0) is 53.3 Å². The van der Waals surface area contributed by atoms with Crippen LogP contribution >= 0.6 is 0 Å². The van der Waals surface area contributed by atoms with E-state index < -0.39 is 47.0 Å². The highest BCUT2D eigenvalue weighted by Crippen LogP contribution is 2.34. The predicted molar refractivity (Wildman–Crippen MR) is 200 cm³/mol. The average Bonchev–Trinajstić information content (AvgIpc) is 3.96. The molecule has 0 aromatic heterocycles. The second-order valence-corrected chi connectivity index (χ2v) is 15.6. The van der Waals surface area contributed by atoms with Gasteiger partial charge in [0.05, 0.1) is 5.92 Å². The number of nitrogens with zero attached hydrogens (tertiary/aromatic N) is 1. The maximum atomic E-state index is 16.1. The van der Waals surface area contributed by atoms with E-state index in [1.807, 2.05) is 60.7 Å². The van der Waals surface area contributed by atoms with Gasteiger partial charge < -0.3 is 31.3 Å². The fourth-order valence-electron chi connectivity index (χ4n) is 8.68. The average molecular weight is 747 g/mol. The van der Waals surface area contributed by atoms with Gasteiger partial charge in [-0.15, -0.1) is 0 Å². The van der Waals surface area contributed by atoms with Crippen molar-refractivity contribution in [3.05, 3.63) is 106 Å². The minimum atomic E-state index is -2.40. The molecule has 3 heterocycles. The molecule has 3 fully saturated rings. The van der Waals surface area contributed by atoms with E-state index in [4.69, 9.17) is 0 Å². The predicted octanol–water partition coefficient (Wildman–Crippen LogP) is 4.63. The number of carboxylic acids is 3. The van der Waals surface area contributed by atoms with Crippen molar-refractivity contribution in [1.29, 1.82) is 0 Å². The molecule has 0 radical (unpaired) electrons. The molecule has 12 heteroatoms. The van der Waals surface area contributed by atoms with Crippen LogP contribution in [0.1, 0.15) is 52.6 Å². The number of benzene rings is 3. The van der Waals surface area contributed by atoms with Gasteiger partial charge in [0, 0.05) is 57.4 Å². The Balaban J connectivity index is 1.25. The molecule has 0 amide bonds. The molecule has 10 nitrogen and oxygen atoms in total. The number of halogens is 2. The fourth-order valence-corrected chi connectivity index (χ4v) is 8.68. The molecule has 3 aliphatic heterocycles. The Bertz CT molecular complexity index is 1690. The maximum Gasteiger partial charge on any atom is 0.342 e. The molecule has 0 aliphatic carbocycles. The number of hydrogen-bond donors (Lipinski definition) is 6. The molecule has 6 N–H and O–H groups in total. The van der Waals surface area contributed by atoms with Gasteiger partial charge in [-0.05, 0) is 91.2 Å². The van der Waals surface area contributed by atoms with Gasteiger partial charge in [0.25, 0.3) is 0 Å². The van der Waals surface area contributed by atoms with Crippen LogP contribution in [0.3, 0.4) is 0 Å². The molecular weight excluding hydrogens is 694 g/mol. The highest BCUT2D eigenvalue weighted by molar-refractivity contribution is 5.79. The molecule has 2 unspecified atom stereocenters. The van der Waals surface area contributed by atoms with Gasteiger partial charge in [-0.1, -0.05) is 72.8 Å². The van der Waals surface area contributed by atoms with Crippen LogP contribution in [0.15, 0.2) is 72.8 Å². The topological polar surface area (TPSA) is 151 Å². The molecule has 3 saturated heterocycles. The Morgan fingerprint density at radius 1 is 0.630 bits per heavy atom. The Kier molecular flexibility index (Phi) is 12.8. The monoisotopic (exact) mass is 746 g/mol. The molecule has 3 aliphatic rings.